The maximum Gasteiger partial charge on any atom is 0.323 e. The summed E-state index contributed by atoms with van der Waals surface area (Å²) in [6, 6.07) is 11.5. The molecular formula is C14H10BrClN6O. The molecule has 0 aliphatic heterocycles. The van der Waals surface area contributed by atoms with E-state index in [0.29, 0.717) is 27.8 Å². The molecule has 3 aromatic rings. The summed E-state index contributed by atoms with van der Waals surface area (Å²) in [6.07, 6.45) is 0. The minimum Gasteiger partial charge on any atom is -0.351 e. The molecule has 0 fully saturated rings. The van der Waals surface area contributed by atoms with Gasteiger partial charge in [-0.05, 0) is 41.6 Å². The zero-order chi connectivity index (χ0) is 16.4. The summed E-state index contributed by atoms with van der Waals surface area (Å²) in [6.45, 7) is 0. The molecule has 0 radical (unpaired) electrons. The second-order valence-corrected chi connectivity index (χ2v) is 5.90. The van der Waals surface area contributed by atoms with Crippen molar-refractivity contribution in [1.82, 2.24) is 20.6 Å². The molecule has 0 unspecified atom stereocenters. The quantitative estimate of drug-likeness (QED) is 0.711. The summed E-state index contributed by atoms with van der Waals surface area (Å²) in [4.78, 5) is 13.4. The molecule has 1 aromatic heterocycles. The molecule has 0 spiro atoms. The Labute approximate surface area is 144 Å². The molecule has 3 rings (SSSR count). The number of hydrogen-bond donors (Lipinski definition) is 2. The number of halogens is 2. The fourth-order valence-corrected chi connectivity index (χ4v) is 2.71. The third kappa shape index (κ3) is 3.17. The molecule has 0 atom stereocenters. The first-order valence-electron chi connectivity index (χ1n) is 6.45. The lowest BCUT2D eigenvalue weighted by molar-refractivity contribution is 0.256. The standard InChI is InChI=1S/C14H10BrClN6O/c15-8-2-1-3-10(6-8)22(14(17)23)12-7-9(16)4-5-11(12)13-18-20-21-19-13/h1-7H,(H2,17,23)(H,18,19,20,21). The van der Waals surface area contributed by atoms with Crippen molar-refractivity contribution in [3.63, 3.8) is 0 Å². The number of nitrogens with one attached hydrogen (secondary N) is 1. The summed E-state index contributed by atoms with van der Waals surface area (Å²) in [5.41, 5.74) is 7.20. The van der Waals surface area contributed by atoms with Gasteiger partial charge < -0.3 is 5.73 Å². The first kappa shape index (κ1) is 15.4. The van der Waals surface area contributed by atoms with Crippen LogP contribution < -0.4 is 10.6 Å². The third-order valence-corrected chi connectivity index (χ3v) is 3.80. The van der Waals surface area contributed by atoms with Crippen LogP contribution in [0.1, 0.15) is 0 Å². The van der Waals surface area contributed by atoms with Gasteiger partial charge in [-0.1, -0.05) is 33.6 Å². The number of amides is 2. The van der Waals surface area contributed by atoms with Gasteiger partial charge in [-0.25, -0.2) is 4.79 Å². The Balaban J connectivity index is 2.21. The zero-order valence-electron chi connectivity index (χ0n) is 11.6. The van der Waals surface area contributed by atoms with Crippen LogP contribution in [0.2, 0.25) is 5.02 Å². The number of nitrogens with two attached hydrogens (primary N) is 1. The number of carbonyl (C=O) groups is 1. The Morgan fingerprint density at radius 2 is 2.09 bits per heavy atom. The van der Waals surface area contributed by atoms with Gasteiger partial charge in [0.25, 0.3) is 0 Å². The highest BCUT2D eigenvalue weighted by molar-refractivity contribution is 9.10. The second kappa shape index (κ2) is 6.35. The molecule has 23 heavy (non-hydrogen) atoms. The highest BCUT2D eigenvalue weighted by atomic mass is 79.9. The molecule has 0 saturated carbocycles. The van der Waals surface area contributed by atoms with Gasteiger partial charge in [0.05, 0.1) is 11.4 Å². The van der Waals surface area contributed by atoms with Gasteiger partial charge in [-0.15, -0.1) is 10.2 Å². The largest absolute Gasteiger partial charge is 0.351 e. The van der Waals surface area contributed by atoms with Crippen LogP contribution in [0, 0.1) is 0 Å². The first-order valence-corrected chi connectivity index (χ1v) is 7.62. The average molecular weight is 394 g/mol. The minimum atomic E-state index is -0.657. The van der Waals surface area contributed by atoms with Crippen molar-refractivity contribution in [2.45, 2.75) is 0 Å². The first-order chi connectivity index (χ1) is 11.1. The summed E-state index contributed by atoms with van der Waals surface area (Å²) in [7, 11) is 0. The van der Waals surface area contributed by atoms with Gasteiger partial charge in [-0.3, -0.25) is 4.90 Å². The highest BCUT2D eigenvalue weighted by Gasteiger charge is 2.21. The Kier molecular flexibility index (Phi) is 4.26. The summed E-state index contributed by atoms with van der Waals surface area (Å²) < 4.78 is 0.810. The number of primary amides is 1. The number of anilines is 2. The molecule has 2 amide bonds. The van der Waals surface area contributed by atoms with E-state index in [1.165, 1.54) is 4.90 Å². The molecule has 3 N–H and O–H groups in total. The van der Waals surface area contributed by atoms with Crippen molar-refractivity contribution in [2.24, 2.45) is 5.73 Å². The number of carbonyl (C=O) groups excluding carboxylic acids is 1. The van der Waals surface area contributed by atoms with Gasteiger partial charge in [0.15, 0.2) is 0 Å². The Hall–Kier alpha value is -2.45. The van der Waals surface area contributed by atoms with E-state index < -0.39 is 6.03 Å². The van der Waals surface area contributed by atoms with Gasteiger partial charge in [0, 0.05) is 15.1 Å². The monoisotopic (exact) mass is 392 g/mol. The maximum absolute atomic E-state index is 12.1. The number of rotatable bonds is 3. The van der Waals surface area contributed by atoms with Crippen LogP contribution in [0.3, 0.4) is 0 Å². The highest BCUT2D eigenvalue weighted by Crippen LogP contribution is 2.36. The van der Waals surface area contributed by atoms with Gasteiger partial charge in [0.2, 0.25) is 5.82 Å². The van der Waals surface area contributed by atoms with Crippen LogP contribution in [0.5, 0.6) is 0 Å². The van der Waals surface area contributed by atoms with E-state index in [1.807, 2.05) is 6.07 Å². The number of H-pyrrole nitrogens is 1. The van der Waals surface area contributed by atoms with E-state index in [2.05, 4.69) is 36.6 Å². The van der Waals surface area contributed by atoms with Crippen LogP contribution >= 0.6 is 27.5 Å². The molecule has 0 aliphatic carbocycles. The van der Waals surface area contributed by atoms with E-state index in [9.17, 15) is 4.79 Å². The Bertz CT molecular complexity index is 854. The van der Waals surface area contributed by atoms with Gasteiger partial charge in [0.1, 0.15) is 0 Å². The molecule has 7 nitrogen and oxygen atoms in total. The van der Waals surface area contributed by atoms with Gasteiger partial charge >= 0.3 is 6.03 Å². The smallest absolute Gasteiger partial charge is 0.323 e. The number of aromatic amines is 1. The van der Waals surface area contributed by atoms with E-state index in [1.54, 1.807) is 36.4 Å². The van der Waals surface area contributed by atoms with Crippen molar-refractivity contribution >= 4 is 44.9 Å². The van der Waals surface area contributed by atoms with Crippen LogP contribution in [-0.2, 0) is 0 Å². The summed E-state index contributed by atoms with van der Waals surface area (Å²) >= 11 is 9.47. The van der Waals surface area contributed by atoms with Crippen molar-refractivity contribution in [1.29, 1.82) is 0 Å². The molecule has 0 saturated heterocycles. The molecule has 9 heteroatoms. The molecule has 2 aromatic carbocycles. The SMILES string of the molecule is NC(=O)N(c1cccc(Br)c1)c1cc(Cl)ccc1-c1nn[nH]n1. The van der Waals surface area contributed by atoms with Crippen molar-refractivity contribution < 1.29 is 4.79 Å². The lowest BCUT2D eigenvalue weighted by Crippen LogP contribution is -2.31. The van der Waals surface area contributed by atoms with Crippen LogP contribution in [-0.4, -0.2) is 26.7 Å². The van der Waals surface area contributed by atoms with E-state index in [0.717, 1.165) is 4.47 Å². The van der Waals surface area contributed by atoms with E-state index in [-0.39, 0.29) is 0 Å². The van der Waals surface area contributed by atoms with Crippen LogP contribution in [0.15, 0.2) is 46.9 Å². The number of aromatic nitrogens is 4. The maximum atomic E-state index is 12.1. The summed E-state index contributed by atoms with van der Waals surface area (Å²) in [5.74, 6) is 0.331. The lowest BCUT2D eigenvalue weighted by Gasteiger charge is -2.23. The normalized spacial score (nSPS) is 10.5. The predicted molar refractivity (Wildman–Crippen MR) is 90.5 cm³/mol. The van der Waals surface area contributed by atoms with E-state index in [4.69, 9.17) is 17.3 Å². The number of hydrogen-bond acceptors (Lipinski definition) is 4. The average Bonchev–Trinajstić information content (AvgIpc) is 3.01. The molecule has 0 aliphatic rings. The summed E-state index contributed by atoms with van der Waals surface area (Å²) in [5, 5.41) is 14.3. The third-order valence-electron chi connectivity index (χ3n) is 3.07. The predicted octanol–water partition coefficient (Wildman–Crippen LogP) is 3.50. The molecule has 1 heterocycles. The molecule has 0 bridgehead atoms. The minimum absolute atomic E-state index is 0.331. The molecule has 116 valence electrons. The number of nitrogens with zero attached hydrogens (tertiary/aromatic N) is 4. The van der Waals surface area contributed by atoms with E-state index >= 15 is 0 Å². The molecular weight excluding hydrogens is 384 g/mol. The van der Waals surface area contributed by atoms with Crippen LogP contribution in [0.25, 0.3) is 11.4 Å². The topological polar surface area (TPSA) is 101 Å². The van der Waals surface area contributed by atoms with Crippen molar-refractivity contribution in [3.8, 4) is 11.4 Å². The Morgan fingerprint density at radius 1 is 1.26 bits per heavy atom. The van der Waals surface area contributed by atoms with Crippen molar-refractivity contribution in [3.05, 3.63) is 52.0 Å². The fraction of sp³-hybridized carbons (Fsp3) is 0. The zero-order valence-corrected chi connectivity index (χ0v) is 13.9. The number of urea groups is 1. The Morgan fingerprint density at radius 3 is 2.74 bits per heavy atom. The lowest BCUT2D eigenvalue weighted by atomic mass is 10.1. The second-order valence-electron chi connectivity index (χ2n) is 4.55. The number of benzene rings is 2. The fourth-order valence-electron chi connectivity index (χ4n) is 2.16. The van der Waals surface area contributed by atoms with Gasteiger partial charge in [-0.2, -0.15) is 5.21 Å². The number of tetrazole rings is 1. The van der Waals surface area contributed by atoms with Crippen LogP contribution in [0.4, 0.5) is 16.2 Å². The van der Waals surface area contributed by atoms with Crippen molar-refractivity contribution in [2.75, 3.05) is 4.90 Å².